The van der Waals surface area contributed by atoms with E-state index in [1.165, 1.54) is 24.6 Å². The average Bonchev–Trinajstić information content (AvgIpc) is 3.26. The van der Waals surface area contributed by atoms with Crippen molar-refractivity contribution in [1.82, 2.24) is 5.32 Å². The Morgan fingerprint density at radius 2 is 2.16 bits per heavy atom. The second-order valence-electron chi connectivity index (χ2n) is 6.97. The number of carbonyl (C=O) groups excluding carboxylic acids is 2. The molecule has 25 heavy (non-hydrogen) atoms. The van der Waals surface area contributed by atoms with Crippen molar-refractivity contribution in [1.29, 1.82) is 0 Å². The van der Waals surface area contributed by atoms with E-state index in [4.69, 9.17) is 9.88 Å². The molecular formula is C16H22N2O5S2. The molecule has 7 nitrogen and oxygen atoms in total. The molecule has 2 fully saturated rings. The first kappa shape index (κ1) is 18.3. The van der Waals surface area contributed by atoms with Crippen molar-refractivity contribution in [2.75, 3.05) is 6.61 Å². The number of nitrogens with one attached hydrogen (secondary N) is 1. The summed E-state index contributed by atoms with van der Waals surface area (Å²) in [5, 5.41) is 9.26. The van der Waals surface area contributed by atoms with Crippen LogP contribution < -0.4 is 10.5 Å². The van der Waals surface area contributed by atoms with Crippen LogP contribution in [0.5, 0.6) is 0 Å². The topological polar surface area (TPSA) is 116 Å². The number of fused-ring (bicyclic) bond motifs is 2. The minimum Gasteiger partial charge on any atom is -0.452 e. The average molecular weight is 386 g/mol. The summed E-state index contributed by atoms with van der Waals surface area (Å²) >= 11 is 0.839. The van der Waals surface area contributed by atoms with E-state index in [1.54, 1.807) is 0 Å². The summed E-state index contributed by atoms with van der Waals surface area (Å²) < 4.78 is 27.3. The highest BCUT2D eigenvalue weighted by atomic mass is 32.2. The van der Waals surface area contributed by atoms with Crippen molar-refractivity contribution >= 4 is 33.2 Å². The second-order valence-corrected chi connectivity index (χ2v) is 9.67. The van der Waals surface area contributed by atoms with Gasteiger partial charge in [-0.2, -0.15) is 0 Å². The number of rotatable bonds is 6. The predicted molar refractivity (Wildman–Crippen MR) is 92.5 cm³/mol. The fourth-order valence-corrected chi connectivity index (χ4v) is 5.67. The van der Waals surface area contributed by atoms with Gasteiger partial charge in [0.1, 0.15) is 4.21 Å². The summed E-state index contributed by atoms with van der Waals surface area (Å²) in [7, 11) is -3.85. The van der Waals surface area contributed by atoms with Crippen LogP contribution in [0.1, 0.15) is 43.0 Å². The molecule has 1 heterocycles. The number of ether oxygens (including phenoxy) is 1. The molecule has 0 aliphatic heterocycles. The Balaban J connectivity index is 1.47. The monoisotopic (exact) mass is 386 g/mol. The Labute approximate surface area is 151 Å². The molecule has 3 rings (SSSR count). The Morgan fingerprint density at radius 1 is 1.40 bits per heavy atom. The lowest BCUT2D eigenvalue weighted by molar-refractivity contribution is -0.125. The van der Waals surface area contributed by atoms with Crippen molar-refractivity contribution in [2.24, 2.45) is 22.9 Å². The van der Waals surface area contributed by atoms with E-state index in [0.717, 1.165) is 29.7 Å². The van der Waals surface area contributed by atoms with Crippen LogP contribution in [0.25, 0.3) is 0 Å². The summed E-state index contributed by atoms with van der Waals surface area (Å²) in [6.07, 6.45) is 4.98. The molecular weight excluding hydrogens is 364 g/mol. The molecule has 0 unspecified atom stereocenters. The number of esters is 1. The molecule has 2 saturated carbocycles. The predicted octanol–water partition coefficient (Wildman–Crippen LogP) is 1.49. The van der Waals surface area contributed by atoms with E-state index in [1.807, 2.05) is 6.92 Å². The standard InChI is InChI=1S/C16H22N2O5S2/c1-9(13-5-10-2-3-11(13)4-10)18-14(19)7-23-16(20)12-6-15(24-8-12)25(17,21)22/h6,8-11,13H,2-5,7H2,1H3,(H,18,19)(H2,17,21,22)/t9-,10+,11+,13-/m1/s1. The van der Waals surface area contributed by atoms with Crippen LogP contribution in [0.15, 0.2) is 15.7 Å². The van der Waals surface area contributed by atoms with Crippen molar-refractivity contribution in [3.05, 3.63) is 17.0 Å². The number of nitrogens with two attached hydrogens (primary N) is 1. The SMILES string of the molecule is C[C@@H](NC(=O)COC(=O)c1csc(S(N)(=O)=O)c1)[C@H]1C[C@H]2CC[C@H]1C2. The van der Waals surface area contributed by atoms with Crippen LogP contribution in [-0.2, 0) is 19.6 Å². The van der Waals surface area contributed by atoms with Crippen LogP contribution in [0, 0.1) is 17.8 Å². The Hall–Kier alpha value is -1.45. The summed E-state index contributed by atoms with van der Waals surface area (Å²) in [5.41, 5.74) is 0.0722. The van der Waals surface area contributed by atoms with Gasteiger partial charge in [-0.15, -0.1) is 11.3 Å². The molecule has 0 aromatic carbocycles. The van der Waals surface area contributed by atoms with Crippen molar-refractivity contribution < 1.29 is 22.7 Å². The van der Waals surface area contributed by atoms with Crippen LogP contribution in [0.3, 0.4) is 0 Å². The quantitative estimate of drug-likeness (QED) is 0.719. The van der Waals surface area contributed by atoms with Gasteiger partial charge in [0, 0.05) is 11.4 Å². The number of thiophene rings is 1. The molecule has 2 aliphatic carbocycles. The molecule has 1 amide bonds. The van der Waals surface area contributed by atoms with E-state index >= 15 is 0 Å². The zero-order chi connectivity index (χ0) is 18.2. The highest BCUT2D eigenvalue weighted by molar-refractivity contribution is 7.91. The number of carbonyl (C=O) groups is 2. The van der Waals surface area contributed by atoms with Crippen molar-refractivity contribution in [3.8, 4) is 0 Å². The molecule has 9 heteroatoms. The van der Waals surface area contributed by atoms with E-state index in [-0.39, 0.29) is 28.3 Å². The Kier molecular flexibility index (Phi) is 5.17. The second kappa shape index (κ2) is 7.05. The maximum Gasteiger partial charge on any atom is 0.339 e. The van der Waals surface area contributed by atoms with Crippen LogP contribution >= 0.6 is 11.3 Å². The molecule has 4 atom stereocenters. The molecule has 0 radical (unpaired) electrons. The zero-order valence-electron chi connectivity index (χ0n) is 13.9. The molecule has 2 bridgehead atoms. The third-order valence-electron chi connectivity index (χ3n) is 5.25. The third-order valence-corrected chi connectivity index (χ3v) is 7.64. The molecule has 1 aromatic rings. The van der Waals surface area contributed by atoms with E-state index in [9.17, 15) is 18.0 Å². The molecule has 1 aromatic heterocycles. The summed E-state index contributed by atoms with van der Waals surface area (Å²) in [6, 6.07) is 1.22. The van der Waals surface area contributed by atoms with Gasteiger partial charge >= 0.3 is 5.97 Å². The van der Waals surface area contributed by atoms with Gasteiger partial charge in [-0.3, -0.25) is 4.79 Å². The molecule has 3 N–H and O–H groups in total. The van der Waals surface area contributed by atoms with Gasteiger partial charge in [0.2, 0.25) is 10.0 Å². The van der Waals surface area contributed by atoms with Crippen LogP contribution in [0.4, 0.5) is 0 Å². The maximum absolute atomic E-state index is 12.0. The number of amides is 1. The Bertz CT molecular complexity index is 773. The largest absolute Gasteiger partial charge is 0.452 e. The first-order chi connectivity index (χ1) is 11.7. The normalized spacial score (nSPS) is 26.4. The van der Waals surface area contributed by atoms with Gasteiger partial charge in [0.25, 0.3) is 5.91 Å². The molecule has 0 spiro atoms. The number of sulfonamides is 1. The van der Waals surface area contributed by atoms with Gasteiger partial charge in [-0.05, 0) is 50.0 Å². The summed E-state index contributed by atoms with van der Waals surface area (Å²) in [5.74, 6) is 0.927. The summed E-state index contributed by atoms with van der Waals surface area (Å²) in [6.45, 7) is 1.62. The lowest BCUT2D eigenvalue weighted by Crippen LogP contribution is -2.42. The minimum absolute atomic E-state index is 0.0663. The summed E-state index contributed by atoms with van der Waals surface area (Å²) in [4.78, 5) is 23.9. The van der Waals surface area contributed by atoms with Gasteiger partial charge < -0.3 is 10.1 Å². The van der Waals surface area contributed by atoms with Crippen molar-refractivity contribution in [3.63, 3.8) is 0 Å². The molecule has 138 valence electrons. The number of hydrogen-bond acceptors (Lipinski definition) is 6. The fraction of sp³-hybridized carbons (Fsp3) is 0.625. The van der Waals surface area contributed by atoms with Gasteiger partial charge in [0.05, 0.1) is 5.56 Å². The van der Waals surface area contributed by atoms with E-state index in [0.29, 0.717) is 11.8 Å². The minimum atomic E-state index is -3.85. The van der Waals surface area contributed by atoms with Crippen molar-refractivity contribution in [2.45, 2.75) is 42.9 Å². The first-order valence-corrected chi connectivity index (χ1v) is 10.7. The maximum atomic E-state index is 12.0. The first-order valence-electron chi connectivity index (χ1n) is 8.32. The fourth-order valence-electron chi connectivity index (χ4n) is 4.10. The lowest BCUT2D eigenvalue weighted by Gasteiger charge is -2.28. The number of primary sulfonamides is 1. The van der Waals surface area contributed by atoms with E-state index < -0.39 is 16.0 Å². The highest BCUT2D eigenvalue weighted by Crippen LogP contribution is 2.49. The zero-order valence-corrected chi connectivity index (χ0v) is 15.6. The van der Waals surface area contributed by atoms with Gasteiger partial charge in [-0.25, -0.2) is 18.4 Å². The number of hydrogen-bond donors (Lipinski definition) is 2. The Morgan fingerprint density at radius 3 is 2.72 bits per heavy atom. The van der Waals surface area contributed by atoms with Crippen LogP contribution in [0.2, 0.25) is 0 Å². The van der Waals surface area contributed by atoms with E-state index in [2.05, 4.69) is 5.32 Å². The van der Waals surface area contributed by atoms with Crippen LogP contribution in [-0.4, -0.2) is 32.9 Å². The van der Waals surface area contributed by atoms with Gasteiger partial charge in [-0.1, -0.05) is 6.42 Å². The smallest absolute Gasteiger partial charge is 0.339 e. The third kappa shape index (κ3) is 4.21. The molecule has 0 saturated heterocycles. The van der Waals surface area contributed by atoms with Gasteiger partial charge in [0.15, 0.2) is 6.61 Å². The lowest BCUT2D eigenvalue weighted by atomic mass is 9.84. The highest BCUT2D eigenvalue weighted by Gasteiger charge is 2.42. The molecule has 2 aliphatic rings.